The molecule has 0 spiro atoms. The number of nitrogens with zero attached hydrogens (tertiary/aromatic N) is 5. The molecule has 0 aromatic carbocycles. The van der Waals surface area contributed by atoms with Crippen LogP contribution in [0.25, 0.3) is 5.95 Å². The first-order valence-electron chi connectivity index (χ1n) is 6.61. The van der Waals surface area contributed by atoms with Gasteiger partial charge in [0.2, 0.25) is 17.8 Å². The zero-order chi connectivity index (χ0) is 13.8. The molecule has 0 aliphatic carbocycles. The summed E-state index contributed by atoms with van der Waals surface area (Å²) in [6.07, 6.45) is 7.59. The first-order valence-corrected chi connectivity index (χ1v) is 7.77. The van der Waals surface area contributed by atoms with E-state index >= 15 is 0 Å². The average molecular weight is 291 g/mol. The van der Waals surface area contributed by atoms with E-state index in [2.05, 4.69) is 30.6 Å². The third kappa shape index (κ3) is 3.01. The van der Waals surface area contributed by atoms with Crippen molar-refractivity contribution in [3.63, 3.8) is 0 Å². The van der Waals surface area contributed by atoms with E-state index < -0.39 is 0 Å². The van der Waals surface area contributed by atoms with E-state index in [0.29, 0.717) is 23.9 Å². The molecule has 8 heteroatoms. The fraction of sp³-hybridized carbons (Fsp3) is 0.500. The highest BCUT2D eigenvalue weighted by Gasteiger charge is 2.16. The van der Waals surface area contributed by atoms with Crippen molar-refractivity contribution in [2.45, 2.75) is 18.9 Å². The highest BCUT2D eigenvalue weighted by molar-refractivity contribution is 7.99. The molecule has 2 N–H and O–H groups in total. The molecule has 1 aliphatic heterocycles. The number of anilines is 2. The SMILES string of the molecule is CNc1nc(NC2CCCSC2)nc(-n2ccnc2)n1. The number of nitrogens with one attached hydrogen (secondary N) is 2. The van der Waals surface area contributed by atoms with E-state index in [1.165, 1.54) is 12.2 Å². The summed E-state index contributed by atoms with van der Waals surface area (Å²) in [5, 5.41) is 6.37. The van der Waals surface area contributed by atoms with Gasteiger partial charge in [-0.1, -0.05) is 0 Å². The maximum atomic E-state index is 4.46. The summed E-state index contributed by atoms with van der Waals surface area (Å²) in [5.41, 5.74) is 0. The second kappa shape index (κ2) is 6.08. The number of thioether (sulfide) groups is 1. The third-order valence-corrected chi connectivity index (χ3v) is 4.29. The van der Waals surface area contributed by atoms with Crippen LogP contribution < -0.4 is 10.6 Å². The van der Waals surface area contributed by atoms with Gasteiger partial charge in [-0.2, -0.15) is 26.7 Å². The molecule has 3 heterocycles. The van der Waals surface area contributed by atoms with Crippen LogP contribution in [0.3, 0.4) is 0 Å². The molecule has 1 atom stereocenters. The van der Waals surface area contributed by atoms with Gasteiger partial charge in [0, 0.05) is 31.2 Å². The first-order chi connectivity index (χ1) is 9.85. The molecule has 3 rings (SSSR count). The summed E-state index contributed by atoms with van der Waals surface area (Å²) < 4.78 is 1.77. The Hall–Kier alpha value is -1.83. The number of aromatic nitrogens is 5. The molecule has 1 unspecified atom stereocenters. The van der Waals surface area contributed by atoms with Crippen molar-refractivity contribution in [2.24, 2.45) is 0 Å². The standard InChI is InChI=1S/C12H17N7S/c1-13-10-16-11(15-9-3-2-6-20-7-9)18-12(17-10)19-5-4-14-8-19/h4-5,8-9H,2-3,6-7H2,1H3,(H2,13,15,16,17,18). The highest BCUT2D eigenvalue weighted by atomic mass is 32.2. The Labute approximate surface area is 121 Å². The summed E-state index contributed by atoms with van der Waals surface area (Å²) in [6, 6.07) is 0.427. The van der Waals surface area contributed by atoms with Crippen LogP contribution in [0.1, 0.15) is 12.8 Å². The number of rotatable bonds is 4. The number of hydrogen-bond acceptors (Lipinski definition) is 7. The predicted octanol–water partition coefficient (Wildman–Crippen LogP) is 1.41. The Bertz CT molecular complexity index is 551. The van der Waals surface area contributed by atoms with Crippen LogP contribution >= 0.6 is 11.8 Å². The van der Waals surface area contributed by atoms with Gasteiger partial charge in [0.05, 0.1) is 0 Å². The molecule has 2 aromatic rings. The van der Waals surface area contributed by atoms with Gasteiger partial charge in [-0.25, -0.2) is 4.98 Å². The second-order valence-electron chi connectivity index (χ2n) is 4.56. The van der Waals surface area contributed by atoms with E-state index in [1.54, 1.807) is 24.1 Å². The number of hydrogen-bond donors (Lipinski definition) is 2. The average Bonchev–Trinajstić information content (AvgIpc) is 3.02. The minimum absolute atomic E-state index is 0.427. The fourth-order valence-electron chi connectivity index (χ4n) is 2.07. The van der Waals surface area contributed by atoms with Crippen molar-refractivity contribution in [3.8, 4) is 5.95 Å². The van der Waals surface area contributed by atoms with Crippen LogP contribution in [0.2, 0.25) is 0 Å². The molecular formula is C12H17N7S. The Balaban J connectivity index is 1.84. The highest BCUT2D eigenvalue weighted by Crippen LogP contribution is 2.20. The van der Waals surface area contributed by atoms with E-state index in [1.807, 2.05) is 18.0 Å². The molecule has 0 radical (unpaired) electrons. The predicted molar refractivity (Wildman–Crippen MR) is 80.5 cm³/mol. The van der Waals surface area contributed by atoms with Crippen molar-refractivity contribution in [1.82, 2.24) is 24.5 Å². The molecule has 0 amide bonds. The van der Waals surface area contributed by atoms with Crippen LogP contribution in [0.15, 0.2) is 18.7 Å². The molecular weight excluding hydrogens is 274 g/mol. The van der Waals surface area contributed by atoms with Crippen LogP contribution in [-0.2, 0) is 0 Å². The molecule has 1 saturated heterocycles. The Morgan fingerprint density at radius 3 is 2.90 bits per heavy atom. The zero-order valence-corrected chi connectivity index (χ0v) is 12.1. The quantitative estimate of drug-likeness (QED) is 0.881. The van der Waals surface area contributed by atoms with Crippen molar-refractivity contribution in [2.75, 3.05) is 29.2 Å². The number of imidazole rings is 1. The lowest BCUT2D eigenvalue weighted by atomic mass is 10.2. The molecule has 0 bridgehead atoms. The van der Waals surface area contributed by atoms with Gasteiger partial charge in [-0.15, -0.1) is 0 Å². The summed E-state index contributed by atoms with van der Waals surface area (Å²) in [7, 11) is 1.80. The molecule has 106 valence electrons. The Morgan fingerprint density at radius 2 is 2.20 bits per heavy atom. The van der Waals surface area contributed by atoms with Gasteiger partial charge < -0.3 is 10.6 Å². The van der Waals surface area contributed by atoms with E-state index in [9.17, 15) is 0 Å². The molecule has 7 nitrogen and oxygen atoms in total. The zero-order valence-electron chi connectivity index (χ0n) is 11.3. The Morgan fingerprint density at radius 1 is 1.30 bits per heavy atom. The largest absolute Gasteiger partial charge is 0.357 e. The summed E-state index contributed by atoms with van der Waals surface area (Å²) in [4.78, 5) is 17.2. The summed E-state index contributed by atoms with van der Waals surface area (Å²) in [6.45, 7) is 0. The van der Waals surface area contributed by atoms with Gasteiger partial charge in [0.15, 0.2) is 0 Å². The van der Waals surface area contributed by atoms with E-state index in [4.69, 9.17) is 0 Å². The molecule has 1 aliphatic rings. The smallest absolute Gasteiger partial charge is 0.241 e. The summed E-state index contributed by atoms with van der Waals surface area (Å²) in [5.74, 6) is 4.07. The van der Waals surface area contributed by atoms with E-state index in [-0.39, 0.29) is 0 Å². The van der Waals surface area contributed by atoms with Crippen LogP contribution in [0, 0.1) is 0 Å². The minimum Gasteiger partial charge on any atom is -0.357 e. The van der Waals surface area contributed by atoms with E-state index in [0.717, 1.165) is 12.2 Å². The lowest BCUT2D eigenvalue weighted by Crippen LogP contribution is -2.27. The fourth-order valence-corrected chi connectivity index (χ4v) is 3.14. The van der Waals surface area contributed by atoms with Crippen LogP contribution in [-0.4, -0.2) is 49.1 Å². The molecule has 1 fully saturated rings. The van der Waals surface area contributed by atoms with Gasteiger partial charge in [0.25, 0.3) is 0 Å². The first kappa shape index (κ1) is 13.2. The van der Waals surface area contributed by atoms with Crippen LogP contribution in [0.5, 0.6) is 0 Å². The normalized spacial score (nSPS) is 18.8. The van der Waals surface area contributed by atoms with Gasteiger partial charge in [-0.05, 0) is 18.6 Å². The van der Waals surface area contributed by atoms with Crippen molar-refractivity contribution in [3.05, 3.63) is 18.7 Å². The lowest BCUT2D eigenvalue weighted by molar-refractivity contribution is 0.677. The Kier molecular flexibility index (Phi) is 4.00. The van der Waals surface area contributed by atoms with Crippen molar-refractivity contribution >= 4 is 23.7 Å². The molecule has 20 heavy (non-hydrogen) atoms. The molecule has 0 saturated carbocycles. The monoisotopic (exact) mass is 291 g/mol. The molecule has 2 aromatic heterocycles. The van der Waals surface area contributed by atoms with Crippen LogP contribution in [0.4, 0.5) is 11.9 Å². The van der Waals surface area contributed by atoms with Gasteiger partial charge >= 0.3 is 0 Å². The van der Waals surface area contributed by atoms with Crippen molar-refractivity contribution in [1.29, 1.82) is 0 Å². The maximum absolute atomic E-state index is 4.46. The minimum atomic E-state index is 0.427. The lowest BCUT2D eigenvalue weighted by Gasteiger charge is -2.22. The third-order valence-electron chi connectivity index (χ3n) is 3.08. The second-order valence-corrected chi connectivity index (χ2v) is 5.71. The maximum Gasteiger partial charge on any atom is 0.241 e. The summed E-state index contributed by atoms with van der Waals surface area (Å²) >= 11 is 1.97. The van der Waals surface area contributed by atoms with Crippen molar-refractivity contribution < 1.29 is 0 Å². The van der Waals surface area contributed by atoms with Gasteiger partial charge in [0.1, 0.15) is 6.33 Å². The van der Waals surface area contributed by atoms with Gasteiger partial charge in [-0.3, -0.25) is 4.57 Å². The topological polar surface area (TPSA) is 80.5 Å².